The molecule has 2 aromatic rings. The molecule has 134 valence electrons. The highest BCUT2D eigenvalue weighted by Gasteiger charge is 2.35. The molecule has 3 aliphatic rings. The fraction of sp³-hybridized carbons (Fsp3) is 0.368. The molecule has 3 heterocycles. The van der Waals surface area contributed by atoms with Crippen molar-refractivity contribution in [2.45, 2.75) is 18.6 Å². The molecule has 4 nitrogen and oxygen atoms in total. The fourth-order valence-corrected chi connectivity index (χ4v) is 3.46. The standard InChI is InChI=1S/C19H20FNO3.ClH/c20-14-3-1-13(2-4-14)17-9-10-21-11-18(17)19-23-12-22-15-5-7-16(24-19)8-6-15;/h1-8,17-19,21H,9-12H2;1H/t17-,18+,19?;/m0./s1. The van der Waals surface area contributed by atoms with Crippen LogP contribution >= 0.6 is 12.4 Å². The van der Waals surface area contributed by atoms with Crippen molar-refractivity contribution in [2.24, 2.45) is 5.92 Å². The number of ether oxygens (including phenoxy) is 3. The van der Waals surface area contributed by atoms with Crippen LogP contribution in [-0.4, -0.2) is 26.2 Å². The van der Waals surface area contributed by atoms with Gasteiger partial charge in [-0.1, -0.05) is 12.1 Å². The van der Waals surface area contributed by atoms with Crippen molar-refractivity contribution >= 4 is 12.4 Å². The molecule has 1 saturated heterocycles. The van der Waals surface area contributed by atoms with Crippen LogP contribution in [0.2, 0.25) is 0 Å². The molecule has 1 unspecified atom stereocenters. The smallest absolute Gasteiger partial charge is 0.207 e. The van der Waals surface area contributed by atoms with Gasteiger partial charge in [0, 0.05) is 12.5 Å². The van der Waals surface area contributed by atoms with Crippen LogP contribution < -0.4 is 14.8 Å². The van der Waals surface area contributed by atoms with Crippen molar-refractivity contribution in [3.05, 3.63) is 59.9 Å². The van der Waals surface area contributed by atoms with Gasteiger partial charge in [0.2, 0.25) is 6.29 Å². The average Bonchev–Trinajstić information content (AvgIpc) is 2.79. The van der Waals surface area contributed by atoms with E-state index in [2.05, 4.69) is 5.32 Å². The Hall–Kier alpha value is -1.82. The molecule has 2 bridgehead atoms. The summed E-state index contributed by atoms with van der Waals surface area (Å²) < 4.78 is 30.8. The van der Waals surface area contributed by atoms with Crippen LogP contribution in [-0.2, 0) is 4.74 Å². The van der Waals surface area contributed by atoms with E-state index in [1.807, 2.05) is 36.4 Å². The Bertz CT molecular complexity index is 680. The molecular formula is C19H21ClFNO3. The molecule has 0 aromatic heterocycles. The molecule has 3 atom stereocenters. The first-order valence-corrected chi connectivity index (χ1v) is 8.27. The van der Waals surface area contributed by atoms with Crippen LogP contribution in [0.4, 0.5) is 4.39 Å². The number of benzene rings is 2. The van der Waals surface area contributed by atoms with Gasteiger partial charge in [0.25, 0.3) is 0 Å². The second-order valence-electron chi connectivity index (χ2n) is 6.20. The summed E-state index contributed by atoms with van der Waals surface area (Å²) in [7, 11) is 0. The van der Waals surface area contributed by atoms with E-state index >= 15 is 0 Å². The summed E-state index contributed by atoms with van der Waals surface area (Å²) >= 11 is 0. The minimum Gasteiger partial charge on any atom is -0.467 e. The van der Waals surface area contributed by atoms with E-state index < -0.39 is 6.29 Å². The molecule has 0 spiro atoms. The van der Waals surface area contributed by atoms with E-state index in [-0.39, 0.29) is 36.9 Å². The summed E-state index contributed by atoms with van der Waals surface area (Å²) in [6.45, 7) is 1.86. The minimum atomic E-state index is -0.422. The van der Waals surface area contributed by atoms with Gasteiger partial charge in [-0.3, -0.25) is 0 Å². The van der Waals surface area contributed by atoms with Crippen molar-refractivity contribution < 1.29 is 18.6 Å². The predicted octanol–water partition coefficient (Wildman–Crippen LogP) is 3.71. The van der Waals surface area contributed by atoms with E-state index in [0.29, 0.717) is 0 Å². The third kappa shape index (κ3) is 4.06. The monoisotopic (exact) mass is 365 g/mol. The van der Waals surface area contributed by atoms with E-state index in [0.717, 1.165) is 36.6 Å². The number of hydrogen-bond acceptors (Lipinski definition) is 4. The van der Waals surface area contributed by atoms with E-state index in [1.165, 1.54) is 12.1 Å². The Morgan fingerprint density at radius 1 is 0.960 bits per heavy atom. The number of fused-ring (bicyclic) bond motifs is 6. The summed E-state index contributed by atoms with van der Waals surface area (Å²) in [6, 6.07) is 14.3. The molecule has 5 rings (SSSR count). The molecule has 0 saturated carbocycles. The van der Waals surface area contributed by atoms with Gasteiger partial charge in [-0.25, -0.2) is 4.39 Å². The van der Waals surface area contributed by atoms with Crippen LogP contribution in [0.25, 0.3) is 0 Å². The van der Waals surface area contributed by atoms with Gasteiger partial charge in [0.15, 0.2) is 6.79 Å². The van der Waals surface area contributed by atoms with Crippen LogP contribution in [0.15, 0.2) is 48.5 Å². The lowest BCUT2D eigenvalue weighted by molar-refractivity contribution is -0.159. The number of piperidine rings is 1. The molecule has 1 N–H and O–H groups in total. The van der Waals surface area contributed by atoms with Crippen LogP contribution in [0.1, 0.15) is 17.9 Å². The molecule has 6 heteroatoms. The topological polar surface area (TPSA) is 39.7 Å². The lowest BCUT2D eigenvalue weighted by Gasteiger charge is -2.37. The molecule has 3 aliphatic heterocycles. The Morgan fingerprint density at radius 2 is 1.68 bits per heavy atom. The summed E-state index contributed by atoms with van der Waals surface area (Å²) in [5, 5.41) is 3.41. The Morgan fingerprint density at radius 3 is 2.44 bits per heavy atom. The second kappa shape index (κ2) is 8.04. The van der Waals surface area contributed by atoms with Gasteiger partial charge in [0.05, 0.1) is 0 Å². The zero-order chi connectivity index (χ0) is 16.4. The lowest BCUT2D eigenvalue weighted by Crippen LogP contribution is -2.45. The van der Waals surface area contributed by atoms with Crippen LogP contribution in [0.5, 0.6) is 11.5 Å². The van der Waals surface area contributed by atoms with Gasteiger partial charge < -0.3 is 19.5 Å². The molecule has 25 heavy (non-hydrogen) atoms. The summed E-state index contributed by atoms with van der Waals surface area (Å²) in [5.74, 6) is 1.67. The lowest BCUT2D eigenvalue weighted by atomic mass is 9.80. The average molecular weight is 366 g/mol. The highest BCUT2D eigenvalue weighted by molar-refractivity contribution is 5.85. The van der Waals surface area contributed by atoms with Crippen molar-refractivity contribution in [3.63, 3.8) is 0 Å². The maximum Gasteiger partial charge on any atom is 0.207 e. The minimum absolute atomic E-state index is 0. The highest BCUT2D eigenvalue weighted by Crippen LogP contribution is 2.35. The first-order valence-electron chi connectivity index (χ1n) is 8.27. The van der Waals surface area contributed by atoms with Crippen LogP contribution in [0.3, 0.4) is 0 Å². The SMILES string of the molecule is Cl.Fc1ccc([C@@H]2CCNC[C@H]2C2OCOc3ccc(cc3)O2)cc1. The van der Waals surface area contributed by atoms with Gasteiger partial charge in [-0.05, 0) is 60.8 Å². The largest absolute Gasteiger partial charge is 0.467 e. The van der Waals surface area contributed by atoms with Gasteiger partial charge in [0.1, 0.15) is 17.3 Å². The Balaban J connectivity index is 0.00000182. The molecule has 1 fully saturated rings. The normalized spacial score (nSPS) is 25.6. The molecular weight excluding hydrogens is 345 g/mol. The van der Waals surface area contributed by atoms with E-state index in [1.54, 1.807) is 0 Å². The maximum atomic E-state index is 13.3. The summed E-state index contributed by atoms with van der Waals surface area (Å²) in [6.07, 6.45) is 0.535. The molecule has 0 amide bonds. The van der Waals surface area contributed by atoms with Gasteiger partial charge >= 0.3 is 0 Å². The van der Waals surface area contributed by atoms with Crippen LogP contribution in [0, 0.1) is 11.7 Å². The van der Waals surface area contributed by atoms with E-state index in [4.69, 9.17) is 14.2 Å². The predicted molar refractivity (Wildman–Crippen MR) is 94.8 cm³/mol. The maximum absolute atomic E-state index is 13.3. The fourth-order valence-electron chi connectivity index (χ4n) is 3.46. The zero-order valence-electron chi connectivity index (χ0n) is 13.7. The summed E-state index contributed by atoms with van der Waals surface area (Å²) in [4.78, 5) is 0. The number of halogens is 2. The first-order chi connectivity index (χ1) is 11.8. The third-order valence-electron chi connectivity index (χ3n) is 4.71. The van der Waals surface area contributed by atoms with Gasteiger partial charge in [-0.15, -0.1) is 12.4 Å². The highest BCUT2D eigenvalue weighted by atomic mass is 35.5. The van der Waals surface area contributed by atoms with Gasteiger partial charge in [-0.2, -0.15) is 0 Å². The Labute approximate surface area is 152 Å². The zero-order valence-corrected chi connectivity index (χ0v) is 14.5. The Kier molecular flexibility index (Phi) is 5.78. The van der Waals surface area contributed by atoms with Crippen molar-refractivity contribution in [1.82, 2.24) is 5.32 Å². The second-order valence-corrected chi connectivity index (χ2v) is 6.20. The number of rotatable bonds is 2. The first kappa shape index (κ1) is 18.0. The molecule has 0 aliphatic carbocycles. The number of nitrogens with one attached hydrogen (secondary N) is 1. The van der Waals surface area contributed by atoms with E-state index in [9.17, 15) is 4.39 Å². The van der Waals surface area contributed by atoms with Crippen molar-refractivity contribution in [3.8, 4) is 11.5 Å². The summed E-state index contributed by atoms with van der Waals surface area (Å²) in [5.41, 5.74) is 1.12. The molecule has 0 radical (unpaired) electrons. The van der Waals surface area contributed by atoms with Crippen molar-refractivity contribution in [1.29, 1.82) is 0 Å². The third-order valence-corrected chi connectivity index (χ3v) is 4.71. The quantitative estimate of drug-likeness (QED) is 0.880. The number of hydrogen-bond donors (Lipinski definition) is 1. The van der Waals surface area contributed by atoms with Crippen molar-refractivity contribution in [2.75, 3.05) is 19.9 Å². The molecule has 2 aromatic carbocycles.